The molecule has 1 saturated heterocycles. The van der Waals surface area contributed by atoms with Crippen LogP contribution in [0.2, 0.25) is 0 Å². The zero-order valence-electron chi connectivity index (χ0n) is 13.1. The van der Waals surface area contributed by atoms with E-state index in [0.717, 1.165) is 31.7 Å². The van der Waals surface area contributed by atoms with Crippen LogP contribution in [0.5, 0.6) is 0 Å². The molecule has 2 aromatic rings. The summed E-state index contributed by atoms with van der Waals surface area (Å²) in [6.45, 7) is 2.34. The van der Waals surface area contributed by atoms with Gasteiger partial charge in [0.05, 0.1) is 0 Å². The monoisotopic (exact) mass is 343 g/mol. The number of thiocarbonyl (C=S) groups is 1. The van der Waals surface area contributed by atoms with Crippen molar-refractivity contribution in [2.75, 3.05) is 18.4 Å². The average Bonchev–Trinajstić information content (AvgIpc) is 2.56. The lowest BCUT2D eigenvalue weighted by atomic mass is 9.83. The summed E-state index contributed by atoms with van der Waals surface area (Å²) in [4.78, 5) is 14.2. The number of anilines is 1. The van der Waals surface area contributed by atoms with Gasteiger partial charge < -0.3 is 14.8 Å². The molecular formula is C18H18FN3OS. The number of piperidine rings is 1. The topological polar surface area (TPSA) is 37.3 Å². The zero-order chi connectivity index (χ0) is 16.7. The Bertz CT molecular complexity index is 850. The van der Waals surface area contributed by atoms with Crippen LogP contribution < -0.4 is 10.9 Å². The van der Waals surface area contributed by atoms with Crippen molar-refractivity contribution < 1.29 is 4.39 Å². The maximum absolute atomic E-state index is 13.3. The molecule has 1 aromatic heterocycles. The number of rotatable bonds is 1. The van der Waals surface area contributed by atoms with E-state index in [1.165, 1.54) is 12.1 Å². The van der Waals surface area contributed by atoms with Crippen molar-refractivity contribution >= 4 is 23.0 Å². The van der Waals surface area contributed by atoms with Gasteiger partial charge in [0.15, 0.2) is 5.11 Å². The van der Waals surface area contributed by atoms with Gasteiger partial charge in [0, 0.05) is 43.0 Å². The molecule has 1 aromatic carbocycles. The van der Waals surface area contributed by atoms with Crippen LogP contribution in [0, 0.1) is 11.7 Å². The number of fused-ring (bicyclic) bond motifs is 4. The second-order valence-electron chi connectivity index (χ2n) is 6.54. The van der Waals surface area contributed by atoms with Crippen molar-refractivity contribution in [1.82, 2.24) is 9.47 Å². The number of hydrogen-bond donors (Lipinski definition) is 1. The molecule has 2 bridgehead atoms. The van der Waals surface area contributed by atoms with Crippen molar-refractivity contribution in [3.05, 3.63) is 64.3 Å². The summed E-state index contributed by atoms with van der Waals surface area (Å²) in [5.41, 5.74) is 1.83. The highest BCUT2D eigenvalue weighted by atomic mass is 32.1. The molecule has 1 N–H and O–H groups in total. The lowest BCUT2D eigenvalue weighted by Gasteiger charge is -2.43. The van der Waals surface area contributed by atoms with E-state index in [2.05, 4.69) is 10.2 Å². The molecule has 24 heavy (non-hydrogen) atoms. The summed E-state index contributed by atoms with van der Waals surface area (Å²) in [5, 5.41) is 3.74. The average molecular weight is 343 g/mol. The molecule has 0 aliphatic carbocycles. The van der Waals surface area contributed by atoms with Crippen LogP contribution in [0.15, 0.2) is 47.3 Å². The van der Waals surface area contributed by atoms with E-state index in [-0.39, 0.29) is 11.4 Å². The second-order valence-corrected chi connectivity index (χ2v) is 6.93. The Balaban J connectivity index is 1.53. The normalized spacial score (nSPS) is 22.0. The molecule has 0 unspecified atom stereocenters. The third-order valence-corrected chi connectivity index (χ3v) is 5.20. The van der Waals surface area contributed by atoms with Crippen molar-refractivity contribution in [3.63, 3.8) is 0 Å². The van der Waals surface area contributed by atoms with Gasteiger partial charge in [-0.05, 0) is 48.8 Å². The van der Waals surface area contributed by atoms with Crippen LogP contribution in [0.25, 0.3) is 0 Å². The van der Waals surface area contributed by atoms with E-state index in [0.29, 0.717) is 22.6 Å². The number of aromatic nitrogens is 1. The van der Waals surface area contributed by atoms with E-state index in [1.807, 2.05) is 16.7 Å². The van der Waals surface area contributed by atoms with Gasteiger partial charge in [-0.3, -0.25) is 4.79 Å². The third kappa shape index (κ3) is 2.82. The minimum Gasteiger partial charge on any atom is -0.348 e. The number of nitrogens with zero attached hydrogens (tertiary/aromatic N) is 2. The van der Waals surface area contributed by atoms with Crippen LogP contribution >= 0.6 is 12.2 Å². The molecule has 0 spiro atoms. The van der Waals surface area contributed by atoms with Crippen LogP contribution in [-0.4, -0.2) is 27.7 Å². The number of nitrogens with one attached hydrogen (secondary N) is 1. The van der Waals surface area contributed by atoms with E-state index >= 15 is 0 Å². The van der Waals surface area contributed by atoms with E-state index < -0.39 is 0 Å². The SMILES string of the molecule is O=c1cccc2n1C[C@@H]1C[C@@H]2CN(C(=S)Nc2cccc(F)c2)C1. The molecule has 124 valence electrons. The fourth-order valence-corrected chi connectivity index (χ4v) is 4.10. The maximum atomic E-state index is 13.3. The van der Waals surface area contributed by atoms with E-state index in [1.54, 1.807) is 18.2 Å². The highest BCUT2D eigenvalue weighted by Gasteiger charge is 2.35. The largest absolute Gasteiger partial charge is 0.348 e. The Morgan fingerprint density at radius 3 is 2.83 bits per heavy atom. The number of benzene rings is 1. The smallest absolute Gasteiger partial charge is 0.250 e. The summed E-state index contributed by atoms with van der Waals surface area (Å²) in [6, 6.07) is 11.8. The predicted molar refractivity (Wildman–Crippen MR) is 95.7 cm³/mol. The Morgan fingerprint density at radius 2 is 2.00 bits per heavy atom. The van der Waals surface area contributed by atoms with Gasteiger partial charge in [-0.15, -0.1) is 0 Å². The molecule has 4 rings (SSSR count). The Kier molecular flexibility index (Phi) is 3.84. The first-order valence-electron chi connectivity index (χ1n) is 8.11. The molecule has 2 aliphatic rings. The molecule has 0 amide bonds. The third-order valence-electron chi connectivity index (χ3n) is 4.84. The van der Waals surface area contributed by atoms with Crippen LogP contribution in [0.3, 0.4) is 0 Å². The maximum Gasteiger partial charge on any atom is 0.250 e. The number of halogens is 1. The van der Waals surface area contributed by atoms with Crippen molar-refractivity contribution in [2.24, 2.45) is 5.92 Å². The van der Waals surface area contributed by atoms with Gasteiger partial charge in [0.25, 0.3) is 5.56 Å². The zero-order valence-corrected chi connectivity index (χ0v) is 13.9. The first-order valence-corrected chi connectivity index (χ1v) is 8.52. The van der Waals surface area contributed by atoms with Crippen LogP contribution in [0.4, 0.5) is 10.1 Å². The fraction of sp³-hybridized carbons (Fsp3) is 0.333. The minimum atomic E-state index is -0.286. The summed E-state index contributed by atoms with van der Waals surface area (Å²) in [6.07, 6.45) is 1.09. The van der Waals surface area contributed by atoms with Crippen LogP contribution in [0.1, 0.15) is 18.0 Å². The van der Waals surface area contributed by atoms with E-state index in [4.69, 9.17) is 12.2 Å². The van der Waals surface area contributed by atoms with Gasteiger partial charge in [0.2, 0.25) is 0 Å². The highest BCUT2D eigenvalue weighted by Crippen LogP contribution is 2.35. The first kappa shape index (κ1) is 15.3. The summed E-state index contributed by atoms with van der Waals surface area (Å²) in [5.74, 6) is 0.425. The van der Waals surface area contributed by atoms with Crippen molar-refractivity contribution in [1.29, 1.82) is 0 Å². The van der Waals surface area contributed by atoms with Gasteiger partial charge in [-0.1, -0.05) is 12.1 Å². The number of likely N-dealkylation sites (tertiary alicyclic amines) is 1. The summed E-state index contributed by atoms with van der Waals surface area (Å²) < 4.78 is 15.2. The fourth-order valence-electron chi connectivity index (χ4n) is 3.83. The molecule has 2 atom stereocenters. The highest BCUT2D eigenvalue weighted by molar-refractivity contribution is 7.80. The Morgan fingerprint density at radius 1 is 1.17 bits per heavy atom. The summed E-state index contributed by atoms with van der Waals surface area (Å²) >= 11 is 5.53. The standard InChI is InChI=1S/C18H18FN3OS/c19-14-3-1-4-15(8-14)20-18(24)21-9-12-7-13(11-21)16-5-2-6-17(23)22(16)10-12/h1-6,8,12-13H,7,9-11H2,(H,20,24)/t12-,13-/m1/s1. The van der Waals surface area contributed by atoms with E-state index in [9.17, 15) is 9.18 Å². The number of pyridine rings is 1. The Hall–Kier alpha value is -2.21. The quantitative estimate of drug-likeness (QED) is 0.808. The van der Waals surface area contributed by atoms with Crippen LogP contribution in [-0.2, 0) is 6.54 Å². The lowest BCUT2D eigenvalue weighted by Crippen LogP contribution is -2.50. The molecule has 2 aliphatic heterocycles. The first-order chi connectivity index (χ1) is 11.6. The lowest BCUT2D eigenvalue weighted by molar-refractivity contribution is 0.180. The second kappa shape index (κ2) is 6.02. The molecule has 4 nitrogen and oxygen atoms in total. The molecule has 0 saturated carbocycles. The van der Waals surface area contributed by atoms with Gasteiger partial charge in [-0.25, -0.2) is 4.39 Å². The molecular weight excluding hydrogens is 325 g/mol. The van der Waals surface area contributed by atoms with Gasteiger partial charge in [-0.2, -0.15) is 0 Å². The summed E-state index contributed by atoms with van der Waals surface area (Å²) in [7, 11) is 0. The molecule has 6 heteroatoms. The minimum absolute atomic E-state index is 0.0797. The predicted octanol–water partition coefficient (Wildman–Crippen LogP) is 2.80. The molecule has 0 radical (unpaired) electrons. The van der Waals surface area contributed by atoms with Gasteiger partial charge in [0.1, 0.15) is 5.82 Å². The number of hydrogen-bond acceptors (Lipinski definition) is 2. The van der Waals surface area contributed by atoms with Crippen molar-refractivity contribution in [3.8, 4) is 0 Å². The van der Waals surface area contributed by atoms with Gasteiger partial charge >= 0.3 is 0 Å². The Labute approximate surface area is 144 Å². The molecule has 3 heterocycles. The molecule has 1 fully saturated rings. The van der Waals surface area contributed by atoms with Crippen molar-refractivity contribution in [2.45, 2.75) is 18.9 Å².